The molecule has 3 rings (SSSR count). The Labute approximate surface area is 118 Å². The average Bonchev–Trinajstić information content (AvgIpc) is 2.46. The number of carbonyl (C=O) groups is 1. The predicted molar refractivity (Wildman–Crippen MR) is 77.7 cm³/mol. The van der Waals surface area contributed by atoms with Crippen molar-refractivity contribution >= 4 is 5.78 Å². The van der Waals surface area contributed by atoms with Crippen molar-refractivity contribution < 1.29 is 9.90 Å². The van der Waals surface area contributed by atoms with Crippen molar-refractivity contribution in [2.24, 2.45) is 0 Å². The predicted octanol–water partition coefficient (Wildman–Crippen LogP) is 2.39. The number of aromatic hydroxyl groups is 1. The van der Waals surface area contributed by atoms with Crippen molar-refractivity contribution in [1.82, 2.24) is 5.32 Å². The molecule has 2 N–H and O–H groups in total. The van der Waals surface area contributed by atoms with Crippen LogP contribution in [-0.4, -0.2) is 17.4 Å². The molecular formula is C17H17NO2. The summed E-state index contributed by atoms with van der Waals surface area (Å²) in [6.45, 7) is 0.827. The van der Waals surface area contributed by atoms with Gasteiger partial charge in [-0.1, -0.05) is 36.4 Å². The first kappa shape index (κ1) is 12.9. The first-order valence-corrected chi connectivity index (χ1v) is 6.86. The van der Waals surface area contributed by atoms with E-state index in [1.807, 2.05) is 24.3 Å². The molecule has 0 bridgehead atoms. The molecule has 3 nitrogen and oxygen atoms in total. The number of phenols is 1. The van der Waals surface area contributed by atoms with Crippen molar-refractivity contribution in [3.8, 4) is 5.75 Å². The van der Waals surface area contributed by atoms with Crippen LogP contribution in [0.2, 0.25) is 0 Å². The maximum absolute atomic E-state index is 12.5. The van der Waals surface area contributed by atoms with Crippen LogP contribution in [0.25, 0.3) is 0 Å². The van der Waals surface area contributed by atoms with Gasteiger partial charge in [-0.2, -0.15) is 0 Å². The van der Waals surface area contributed by atoms with Gasteiger partial charge in [0.05, 0.1) is 6.04 Å². The highest BCUT2D eigenvalue weighted by molar-refractivity contribution is 5.88. The molecule has 0 saturated heterocycles. The smallest absolute Gasteiger partial charge is 0.158 e. The summed E-state index contributed by atoms with van der Waals surface area (Å²) in [7, 11) is 0. The Morgan fingerprint density at radius 2 is 2.05 bits per heavy atom. The highest BCUT2D eigenvalue weighted by Crippen LogP contribution is 2.24. The number of rotatable bonds is 3. The number of nitrogens with one attached hydrogen (secondary N) is 1. The molecule has 3 heteroatoms. The third kappa shape index (κ3) is 2.58. The van der Waals surface area contributed by atoms with E-state index in [-0.39, 0.29) is 17.6 Å². The van der Waals surface area contributed by atoms with E-state index in [0.717, 1.165) is 24.1 Å². The van der Waals surface area contributed by atoms with Gasteiger partial charge < -0.3 is 10.4 Å². The fraction of sp³-hybridized carbons (Fsp3) is 0.235. The Balaban J connectivity index is 1.82. The average molecular weight is 267 g/mol. The largest absolute Gasteiger partial charge is 0.508 e. The molecule has 0 aromatic heterocycles. The number of carbonyl (C=O) groups excluding carboxylic acids is 1. The van der Waals surface area contributed by atoms with Gasteiger partial charge in [0.1, 0.15) is 5.75 Å². The summed E-state index contributed by atoms with van der Waals surface area (Å²) in [5.41, 5.74) is 3.18. The van der Waals surface area contributed by atoms with Crippen molar-refractivity contribution in [3.05, 3.63) is 65.2 Å². The molecule has 1 aliphatic heterocycles. The molecule has 0 amide bonds. The summed E-state index contributed by atoms with van der Waals surface area (Å²) < 4.78 is 0. The van der Waals surface area contributed by atoms with E-state index in [1.165, 1.54) is 5.56 Å². The zero-order chi connectivity index (χ0) is 13.9. The standard InChI is InChI=1S/C17H17NO2/c19-14-6-3-4-12(10-14)11-16(20)17-15-7-2-1-5-13(15)8-9-18-17/h1-7,10,17-19H,8-9,11H2. The minimum atomic E-state index is -0.234. The van der Waals surface area contributed by atoms with E-state index in [9.17, 15) is 9.90 Å². The van der Waals surface area contributed by atoms with E-state index < -0.39 is 0 Å². The molecular weight excluding hydrogens is 250 g/mol. The van der Waals surface area contributed by atoms with E-state index in [0.29, 0.717) is 6.42 Å². The molecule has 1 aliphatic rings. The summed E-state index contributed by atoms with van der Waals surface area (Å²) in [5, 5.41) is 12.8. The van der Waals surface area contributed by atoms with Gasteiger partial charge in [0.25, 0.3) is 0 Å². The minimum Gasteiger partial charge on any atom is -0.508 e. The summed E-state index contributed by atoms with van der Waals surface area (Å²) in [5.74, 6) is 0.343. The van der Waals surface area contributed by atoms with Crippen LogP contribution in [0.1, 0.15) is 22.7 Å². The number of Topliss-reactive ketones (excluding diaryl/α,β-unsaturated/α-hetero) is 1. The molecule has 0 spiro atoms. The quantitative estimate of drug-likeness (QED) is 0.897. The van der Waals surface area contributed by atoms with Gasteiger partial charge >= 0.3 is 0 Å². The van der Waals surface area contributed by atoms with Crippen molar-refractivity contribution in [1.29, 1.82) is 0 Å². The normalized spacial score (nSPS) is 17.5. The fourth-order valence-corrected chi connectivity index (χ4v) is 2.76. The van der Waals surface area contributed by atoms with Crippen LogP contribution in [0.5, 0.6) is 5.75 Å². The molecule has 0 saturated carbocycles. The monoisotopic (exact) mass is 267 g/mol. The van der Waals surface area contributed by atoms with Crippen molar-refractivity contribution in [2.45, 2.75) is 18.9 Å². The van der Waals surface area contributed by atoms with E-state index in [1.54, 1.807) is 18.2 Å². The van der Waals surface area contributed by atoms with Gasteiger partial charge in [-0.05, 0) is 35.2 Å². The van der Waals surface area contributed by atoms with Crippen LogP contribution < -0.4 is 5.32 Å². The summed E-state index contributed by atoms with van der Waals surface area (Å²) >= 11 is 0. The van der Waals surface area contributed by atoms with E-state index in [4.69, 9.17) is 0 Å². The number of fused-ring (bicyclic) bond motifs is 1. The Hall–Kier alpha value is -2.13. The SMILES string of the molecule is O=C(Cc1cccc(O)c1)C1NCCc2ccccc21. The van der Waals surface area contributed by atoms with Crippen LogP contribution in [0.3, 0.4) is 0 Å². The topological polar surface area (TPSA) is 49.3 Å². The van der Waals surface area contributed by atoms with E-state index >= 15 is 0 Å². The van der Waals surface area contributed by atoms with Crippen molar-refractivity contribution in [3.63, 3.8) is 0 Å². The Kier molecular flexibility index (Phi) is 3.52. The number of benzene rings is 2. The summed E-state index contributed by atoms with van der Waals surface area (Å²) in [4.78, 5) is 12.5. The highest BCUT2D eigenvalue weighted by atomic mass is 16.3. The molecule has 1 heterocycles. The Bertz CT molecular complexity index is 636. The van der Waals surface area contributed by atoms with Gasteiger partial charge in [0.15, 0.2) is 5.78 Å². The Morgan fingerprint density at radius 1 is 1.20 bits per heavy atom. The van der Waals surface area contributed by atoms with Crippen molar-refractivity contribution in [2.75, 3.05) is 6.54 Å². The van der Waals surface area contributed by atoms with Gasteiger partial charge in [-0.15, -0.1) is 0 Å². The van der Waals surface area contributed by atoms with Crippen LogP contribution in [0.4, 0.5) is 0 Å². The molecule has 2 aromatic carbocycles. The number of hydrogen-bond donors (Lipinski definition) is 2. The lowest BCUT2D eigenvalue weighted by molar-refractivity contribution is -0.120. The summed E-state index contributed by atoms with van der Waals surface area (Å²) in [6, 6.07) is 14.8. The second kappa shape index (κ2) is 5.47. The molecule has 0 fully saturated rings. The van der Waals surface area contributed by atoms with Gasteiger partial charge in [-0.25, -0.2) is 0 Å². The lowest BCUT2D eigenvalue weighted by atomic mass is 9.90. The van der Waals surface area contributed by atoms with E-state index in [2.05, 4.69) is 11.4 Å². The lowest BCUT2D eigenvalue weighted by Crippen LogP contribution is -2.35. The zero-order valence-corrected chi connectivity index (χ0v) is 11.2. The second-order valence-electron chi connectivity index (χ2n) is 5.15. The first-order chi connectivity index (χ1) is 9.74. The third-order valence-electron chi connectivity index (χ3n) is 3.72. The lowest BCUT2D eigenvalue weighted by Gasteiger charge is -2.25. The van der Waals surface area contributed by atoms with Crippen LogP contribution in [0.15, 0.2) is 48.5 Å². The van der Waals surface area contributed by atoms with Gasteiger partial charge in [-0.3, -0.25) is 4.79 Å². The molecule has 2 aromatic rings. The Morgan fingerprint density at radius 3 is 2.90 bits per heavy atom. The van der Waals surface area contributed by atoms with Gasteiger partial charge in [0, 0.05) is 13.0 Å². The fourth-order valence-electron chi connectivity index (χ4n) is 2.76. The zero-order valence-electron chi connectivity index (χ0n) is 11.2. The summed E-state index contributed by atoms with van der Waals surface area (Å²) in [6.07, 6.45) is 1.30. The van der Waals surface area contributed by atoms with Crippen LogP contribution >= 0.6 is 0 Å². The third-order valence-corrected chi connectivity index (χ3v) is 3.72. The molecule has 1 atom stereocenters. The maximum Gasteiger partial charge on any atom is 0.158 e. The minimum absolute atomic E-state index is 0.141. The molecule has 1 unspecified atom stereocenters. The highest BCUT2D eigenvalue weighted by Gasteiger charge is 2.25. The molecule has 0 radical (unpaired) electrons. The first-order valence-electron chi connectivity index (χ1n) is 6.86. The number of ketones is 1. The molecule has 0 aliphatic carbocycles. The van der Waals surface area contributed by atoms with Crippen LogP contribution in [0, 0.1) is 0 Å². The number of phenolic OH excluding ortho intramolecular Hbond substituents is 1. The molecule has 102 valence electrons. The maximum atomic E-state index is 12.5. The second-order valence-corrected chi connectivity index (χ2v) is 5.15. The number of hydrogen-bond acceptors (Lipinski definition) is 3. The van der Waals surface area contributed by atoms with Crippen LogP contribution in [-0.2, 0) is 17.6 Å². The molecule has 20 heavy (non-hydrogen) atoms. The van der Waals surface area contributed by atoms with Gasteiger partial charge in [0.2, 0.25) is 0 Å².